The Kier molecular flexibility index (Phi) is 9.15. The molecule has 2 aliphatic rings. The fraction of sp³-hybridized carbons (Fsp3) is 0.632. The highest BCUT2D eigenvalue weighted by Gasteiger charge is 2.34. The van der Waals surface area contributed by atoms with Crippen LogP contribution in [-0.4, -0.2) is 69.4 Å². The molecule has 1 aromatic rings. The van der Waals surface area contributed by atoms with Crippen LogP contribution < -0.4 is 15.5 Å². The van der Waals surface area contributed by atoms with Gasteiger partial charge in [-0.3, -0.25) is 9.89 Å². The number of nitrogens with one attached hydrogen (secondary N) is 2. The summed E-state index contributed by atoms with van der Waals surface area (Å²) >= 11 is 6.08. The molecule has 2 fully saturated rings. The van der Waals surface area contributed by atoms with E-state index in [4.69, 9.17) is 11.6 Å². The van der Waals surface area contributed by atoms with Gasteiger partial charge in [-0.1, -0.05) is 17.7 Å². The first-order valence-corrected chi connectivity index (χ1v) is 9.97. The van der Waals surface area contributed by atoms with Crippen molar-refractivity contribution in [3.05, 3.63) is 29.3 Å². The quantitative estimate of drug-likeness (QED) is 0.337. The van der Waals surface area contributed by atoms with Crippen LogP contribution in [0, 0.1) is 5.92 Å². The Morgan fingerprint density at radius 2 is 2.03 bits per heavy atom. The minimum absolute atomic E-state index is 0. The zero-order chi connectivity index (χ0) is 20.1. The van der Waals surface area contributed by atoms with E-state index in [0.717, 1.165) is 36.6 Å². The highest BCUT2D eigenvalue weighted by Crippen LogP contribution is 2.24. The van der Waals surface area contributed by atoms with Gasteiger partial charge in [0.15, 0.2) is 5.96 Å². The largest absolute Gasteiger partial charge is 0.401 e. The van der Waals surface area contributed by atoms with Gasteiger partial charge >= 0.3 is 6.18 Å². The van der Waals surface area contributed by atoms with Crippen molar-refractivity contribution in [1.82, 2.24) is 15.5 Å². The van der Waals surface area contributed by atoms with Gasteiger partial charge in [-0.25, -0.2) is 0 Å². The number of likely N-dealkylation sites (tertiary alicyclic amines) is 1. The Morgan fingerprint density at radius 3 is 2.72 bits per heavy atom. The number of hydrogen-bond donors (Lipinski definition) is 2. The second-order valence-corrected chi connectivity index (χ2v) is 7.95. The van der Waals surface area contributed by atoms with E-state index in [1.165, 1.54) is 4.90 Å². The lowest BCUT2D eigenvalue weighted by atomic mass is 10.1. The van der Waals surface area contributed by atoms with Crippen molar-refractivity contribution in [3.63, 3.8) is 0 Å². The zero-order valence-electron chi connectivity index (χ0n) is 16.4. The third kappa shape index (κ3) is 7.67. The summed E-state index contributed by atoms with van der Waals surface area (Å²) in [6, 6.07) is 8.08. The molecule has 0 aromatic heterocycles. The van der Waals surface area contributed by atoms with E-state index in [1.54, 1.807) is 7.05 Å². The van der Waals surface area contributed by atoms with Crippen LogP contribution in [0.3, 0.4) is 0 Å². The summed E-state index contributed by atoms with van der Waals surface area (Å²) in [4.78, 5) is 8.02. The van der Waals surface area contributed by atoms with Gasteiger partial charge in [-0.05, 0) is 43.5 Å². The molecule has 0 spiro atoms. The first-order valence-electron chi connectivity index (χ1n) is 9.59. The number of halogens is 5. The van der Waals surface area contributed by atoms with Crippen molar-refractivity contribution in [2.75, 3.05) is 51.2 Å². The average molecular weight is 546 g/mol. The van der Waals surface area contributed by atoms with Crippen molar-refractivity contribution >= 4 is 47.2 Å². The van der Waals surface area contributed by atoms with Crippen molar-refractivity contribution in [2.24, 2.45) is 10.9 Å². The van der Waals surface area contributed by atoms with Crippen molar-refractivity contribution in [3.8, 4) is 0 Å². The molecular formula is C19H28ClF3IN5. The second kappa shape index (κ2) is 10.9. The number of aliphatic imine (C=N–C) groups is 1. The number of rotatable bonds is 5. The smallest absolute Gasteiger partial charge is 0.369 e. The summed E-state index contributed by atoms with van der Waals surface area (Å²) < 4.78 is 37.5. The van der Waals surface area contributed by atoms with Gasteiger partial charge in [0.05, 0.1) is 6.54 Å². The normalized spacial score (nSPS) is 23.2. The van der Waals surface area contributed by atoms with Gasteiger partial charge in [0.1, 0.15) is 0 Å². The molecule has 5 nitrogen and oxygen atoms in total. The molecule has 2 heterocycles. The summed E-state index contributed by atoms with van der Waals surface area (Å²) in [6.45, 7) is 2.55. The van der Waals surface area contributed by atoms with Crippen LogP contribution in [0.2, 0.25) is 5.02 Å². The van der Waals surface area contributed by atoms with E-state index in [9.17, 15) is 13.2 Å². The molecule has 10 heteroatoms. The first-order chi connectivity index (χ1) is 13.3. The van der Waals surface area contributed by atoms with Crippen LogP contribution >= 0.6 is 35.6 Å². The summed E-state index contributed by atoms with van der Waals surface area (Å²) in [5, 5.41) is 7.43. The average Bonchev–Trinajstić information content (AvgIpc) is 3.26. The molecule has 2 atom stereocenters. The summed E-state index contributed by atoms with van der Waals surface area (Å²) in [5.41, 5.74) is 1.11. The fourth-order valence-electron chi connectivity index (χ4n) is 3.89. The molecule has 0 radical (unpaired) electrons. The third-order valence-electron chi connectivity index (χ3n) is 5.26. The van der Waals surface area contributed by atoms with Gasteiger partial charge < -0.3 is 15.5 Å². The number of guanidine groups is 1. The van der Waals surface area contributed by atoms with Gasteiger partial charge in [-0.15, -0.1) is 24.0 Å². The molecule has 2 saturated heterocycles. The van der Waals surface area contributed by atoms with E-state index in [-0.39, 0.29) is 35.9 Å². The number of hydrogen-bond acceptors (Lipinski definition) is 3. The van der Waals surface area contributed by atoms with Crippen LogP contribution in [0.1, 0.15) is 12.8 Å². The lowest BCUT2D eigenvalue weighted by Crippen LogP contribution is -2.46. The molecule has 0 aliphatic carbocycles. The summed E-state index contributed by atoms with van der Waals surface area (Å²) in [5.74, 6) is 0.902. The Bertz CT molecular complexity index is 688. The minimum atomic E-state index is -4.13. The Morgan fingerprint density at radius 1 is 1.24 bits per heavy atom. The highest BCUT2D eigenvalue weighted by molar-refractivity contribution is 14.0. The Balaban J connectivity index is 0.00000300. The maximum absolute atomic E-state index is 12.5. The zero-order valence-corrected chi connectivity index (χ0v) is 19.5. The Labute approximate surface area is 192 Å². The number of alkyl halides is 3. The van der Waals surface area contributed by atoms with E-state index in [0.29, 0.717) is 25.6 Å². The van der Waals surface area contributed by atoms with Gasteiger partial charge in [0.25, 0.3) is 0 Å². The lowest BCUT2D eigenvalue weighted by molar-refractivity contribution is -0.143. The van der Waals surface area contributed by atoms with Crippen molar-refractivity contribution in [2.45, 2.75) is 25.1 Å². The SMILES string of the molecule is CN=C(NCC1CCN(CC(F)(F)F)C1)NC1CCN(c2cccc(Cl)c2)C1.I. The summed E-state index contributed by atoms with van der Waals surface area (Å²) in [7, 11) is 1.71. The van der Waals surface area contributed by atoms with Gasteiger partial charge in [0, 0.05) is 50.0 Å². The predicted octanol–water partition coefficient (Wildman–Crippen LogP) is 3.59. The standard InChI is InChI=1S/C19H27ClF3N5.HI/c1-24-18(25-10-14-5-7-27(11-14)13-19(21,22)23)26-16-6-8-28(12-16)17-4-2-3-15(20)9-17;/h2-4,9,14,16H,5-8,10-13H2,1H3,(H2,24,25,26);1H. The highest BCUT2D eigenvalue weighted by atomic mass is 127. The predicted molar refractivity (Wildman–Crippen MR) is 123 cm³/mol. The molecule has 0 saturated carbocycles. The molecule has 164 valence electrons. The number of nitrogens with zero attached hydrogens (tertiary/aromatic N) is 3. The molecule has 1 aromatic carbocycles. The third-order valence-corrected chi connectivity index (χ3v) is 5.49. The molecule has 3 rings (SSSR count). The van der Waals surface area contributed by atoms with Crippen LogP contribution in [0.15, 0.2) is 29.3 Å². The molecule has 2 aliphatic heterocycles. The van der Waals surface area contributed by atoms with E-state index < -0.39 is 12.7 Å². The minimum Gasteiger partial charge on any atom is -0.369 e. The van der Waals surface area contributed by atoms with Crippen LogP contribution in [0.5, 0.6) is 0 Å². The van der Waals surface area contributed by atoms with Crippen LogP contribution in [0.4, 0.5) is 18.9 Å². The second-order valence-electron chi connectivity index (χ2n) is 7.51. The van der Waals surface area contributed by atoms with Gasteiger partial charge in [0.2, 0.25) is 0 Å². The fourth-order valence-corrected chi connectivity index (χ4v) is 4.08. The van der Waals surface area contributed by atoms with E-state index in [1.807, 2.05) is 24.3 Å². The first kappa shape index (κ1) is 24.3. The van der Waals surface area contributed by atoms with Gasteiger partial charge in [-0.2, -0.15) is 13.2 Å². The van der Waals surface area contributed by atoms with E-state index >= 15 is 0 Å². The molecule has 0 amide bonds. The van der Waals surface area contributed by atoms with Crippen LogP contribution in [0.25, 0.3) is 0 Å². The molecule has 0 bridgehead atoms. The number of benzene rings is 1. The molecule has 2 unspecified atom stereocenters. The van der Waals surface area contributed by atoms with Crippen molar-refractivity contribution < 1.29 is 13.2 Å². The lowest BCUT2D eigenvalue weighted by Gasteiger charge is -2.21. The van der Waals surface area contributed by atoms with Crippen LogP contribution in [-0.2, 0) is 0 Å². The Hall–Kier alpha value is -0.940. The number of anilines is 1. The maximum atomic E-state index is 12.5. The topological polar surface area (TPSA) is 42.9 Å². The molecule has 2 N–H and O–H groups in total. The monoisotopic (exact) mass is 545 g/mol. The molecular weight excluding hydrogens is 518 g/mol. The molecule has 29 heavy (non-hydrogen) atoms. The van der Waals surface area contributed by atoms with E-state index in [2.05, 4.69) is 20.5 Å². The summed E-state index contributed by atoms with van der Waals surface area (Å²) in [6.07, 6.45) is -2.38. The maximum Gasteiger partial charge on any atom is 0.401 e. The van der Waals surface area contributed by atoms with Crippen molar-refractivity contribution in [1.29, 1.82) is 0 Å².